The molecule has 1 saturated heterocycles. The highest BCUT2D eigenvalue weighted by atomic mass is 79.9. The molecule has 1 aliphatic heterocycles. The summed E-state index contributed by atoms with van der Waals surface area (Å²) in [5.74, 6) is -0.359. The molecule has 7 nitrogen and oxygen atoms in total. The number of amides is 1. The van der Waals surface area contributed by atoms with Crippen LogP contribution in [0.2, 0.25) is 0 Å². The van der Waals surface area contributed by atoms with E-state index in [9.17, 15) is 13.2 Å². The number of sulfonamides is 1. The second-order valence-electron chi connectivity index (χ2n) is 7.23. The van der Waals surface area contributed by atoms with Crippen LogP contribution in [0.1, 0.15) is 11.1 Å². The third kappa shape index (κ3) is 6.80. The van der Waals surface area contributed by atoms with Gasteiger partial charge >= 0.3 is 0 Å². The summed E-state index contributed by atoms with van der Waals surface area (Å²) in [5, 5.41) is 2.83. The van der Waals surface area contributed by atoms with Gasteiger partial charge in [-0.1, -0.05) is 40.2 Å². The SMILES string of the molecule is CS(=O)(=O)N(CC(=O)NCc1cccc(CN2CCOCC2)c1)c1ccc(Br)cc1. The fourth-order valence-corrected chi connectivity index (χ4v) is 4.37. The fraction of sp³-hybridized carbons (Fsp3) is 0.381. The first-order valence-corrected chi connectivity index (χ1v) is 12.3. The van der Waals surface area contributed by atoms with Crippen molar-refractivity contribution in [2.24, 2.45) is 0 Å². The Bertz CT molecular complexity index is 960. The van der Waals surface area contributed by atoms with Gasteiger partial charge in [-0.15, -0.1) is 0 Å². The number of hydrogen-bond donors (Lipinski definition) is 1. The summed E-state index contributed by atoms with van der Waals surface area (Å²) >= 11 is 3.33. The van der Waals surface area contributed by atoms with Crippen molar-refractivity contribution in [3.63, 3.8) is 0 Å². The molecule has 0 aromatic heterocycles. The fourth-order valence-electron chi connectivity index (χ4n) is 3.25. The first-order chi connectivity index (χ1) is 14.3. The standard InChI is InChI=1S/C21H26BrN3O4S/c1-30(27,28)25(20-7-5-19(22)6-8-20)16-21(26)23-14-17-3-2-4-18(13-17)15-24-9-11-29-12-10-24/h2-8,13H,9-12,14-16H2,1H3,(H,23,26). The van der Waals surface area contributed by atoms with Gasteiger partial charge in [0.15, 0.2) is 0 Å². The van der Waals surface area contributed by atoms with Crippen LogP contribution in [0, 0.1) is 0 Å². The van der Waals surface area contributed by atoms with Crippen molar-refractivity contribution in [2.45, 2.75) is 13.1 Å². The first-order valence-electron chi connectivity index (χ1n) is 9.69. The second kappa shape index (κ2) is 10.4. The summed E-state index contributed by atoms with van der Waals surface area (Å²) in [6.45, 7) is 4.25. The van der Waals surface area contributed by atoms with Crippen molar-refractivity contribution in [3.05, 3.63) is 64.1 Å². The van der Waals surface area contributed by atoms with Gasteiger partial charge in [-0.3, -0.25) is 14.0 Å². The van der Waals surface area contributed by atoms with Crippen molar-refractivity contribution in [3.8, 4) is 0 Å². The molecule has 0 spiro atoms. The Labute approximate surface area is 186 Å². The maximum atomic E-state index is 12.5. The molecule has 1 aliphatic rings. The lowest BCUT2D eigenvalue weighted by Crippen LogP contribution is -2.40. The summed E-state index contributed by atoms with van der Waals surface area (Å²) < 4.78 is 31.7. The highest BCUT2D eigenvalue weighted by Gasteiger charge is 2.20. The molecule has 9 heteroatoms. The van der Waals surface area contributed by atoms with E-state index in [-0.39, 0.29) is 12.5 Å². The zero-order valence-electron chi connectivity index (χ0n) is 16.9. The lowest BCUT2D eigenvalue weighted by molar-refractivity contribution is -0.119. The van der Waals surface area contributed by atoms with E-state index in [1.165, 1.54) is 5.56 Å². The normalized spacial score (nSPS) is 15.0. The number of hydrogen-bond acceptors (Lipinski definition) is 5. The van der Waals surface area contributed by atoms with Crippen molar-refractivity contribution < 1.29 is 17.9 Å². The Hall–Kier alpha value is -1.94. The Morgan fingerprint density at radius 1 is 1.13 bits per heavy atom. The minimum Gasteiger partial charge on any atom is -0.379 e. The third-order valence-corrected chi connectivity index (χ3v) is 6.46. The number of rotatable bonds is 8. The molecule has 0 saturated carbocycles. The Morgan fingerprint density at radius 2 is 1.80 bits per heavy atom. The molecule has 30 heavy (non-hydrogen) atoms. The average Bonchev–Trinajstić information content (AvgIpc) is 2.72. The maximum absolute atomic E-state index is 12.5. The van der Waals surface area contributed by atoms with Gasteiger partial charge in [0.2, 0.25) is 15.9 Å². The van der Waals surface area contributed by atoms with Crippen LogP contribution in [0.4, 0.5) is 5.69 Å². The van der Waals surface area contributed by atoms with Crippen LogP contribution in [-0.2, 0) is 32.6 Å². The van der Waals surface area contributed by atoms with Gasteiger partial charge in [0.1, 0.15) is 6.54 Å². The Morgan fingerprint density at radius 3 is 2.47 bits per heavy atom. The van der Waals surface area contributed by atoms with Crippen molar-refractivity contribution in [1.29, 1.82) is 0 Å². The predicted octanol–water partition coefficient (Wildman–Crippen LogP) is 2.36. The maximum Gasteiger partial charge on any atom is 0.241 e. The quantitative estimate of drug-likeness (QED) is 0.607. The molecular weight excluding hydrogens is 470 g/mol. The number of benzene rings is 2. The Balaban J connectivity index is 1.58. The number of morpholine rings is 1. The molecule has 1 amide bonds. The molecule has 3 rings (SSSR count). The van der Waals surface area contributed by atoms with Crippen LogP contribution in [0.25, 0.3) is 0 Å². The molecule has 0 atom stereocenters. The monoisotopic (exact) mass is 495 g/mol. The van der Waals surface area contributed by atoms with Gasteiger partial charge in [-0.05, 0) is 35.4 Å². The summed E-state index contributed by atoms with van der Waals surface area (Å²) in [6, 6.07) is 14.9. The minimum atomic E-state index is -3.59. The zero-order valence-corrected chi connectivity index (χ0v) is 19.3. The zero-order chi connectivity index (χ0) is 21.6. The summed E-state index contributed by atoms with van der Waals surface area (Å²) in [7, 11) is -3.59. The molecule has 0 aliphatic carbocycles. The van der Waals surface area contributed by atoms with Gasteiger partial charge in [0.05, 0.1) is 25.2 Å². The molecule has 0 bridgehead atoms. The molecule has 1 N–H and O–H groups in total. The van der Waals surface area contributed by atoms with Gasteiger partial charge in [-0.2, -0.15) is 0 Å². The highest BCUT2D eigenvalue weighted by molar-refractivity contribution is 9.10. The second-order valence-corrected chi connectivity index (χ2v) is 10.1. The van der Waals surface area contributed by atoms with Crippen LogP contribution in [0.5, 0.6) is 0 Å². The highest BCUT2D eigenvalue weighted by Crippen LogP contribution is 2.20. The number of nitrogens with one attached hydrogen (secondary N) is 1. The largest absolute Gasteiger partial charge is 0.379 e. The van der Waals surface area contributed by atoms with E-state index < -0.39 is 10.0 Å². The predicted molar refractivity (Wildman–Crippen MR) is 121 cm³/mol. The lowest BCUT2D eigenvalue weighted by Gasteiger charge is -2.26. The molecule has 2 aromatic carbocycles. The van der Waals surface area contributed by atoms with Crippen LogP contribution < -0.4 is 9.62 Å². The van der Waals surface area contributed by atoms with E-state index in [4.69, 9.17) is 4.74 Å². The smallest absolute Gasteiger partial charge is 0.241 e. The molecule has 1 heterocycles. The molecule has 162 valence electrons. The van der Waals surface area contributed by atoms with Crippen molar-refractivity contribution in [1.82, 2.24) is 10.2 Å². The number of carbonyl (C=O) groups is 1. The first kappa shape index (κ1) is 22.7. The van der Waals surface area contributed by atoms with E-state index >= 15 is 0 Å². The van der Waals surface area contributed by atoms with E-state index in [2.05, 4.69) is 38.3 Å². The van der Waals surface area contributed by atoms with Crippen molar-refractivity contribution in [2.75, 3.05) is 43.4 Å². The van der Waals surface area contributed by atoms with Gasteiger partial charge in [-0.25, -0.2) is 8.42 Å². The van der Waals surface area contributed by atoms with Crippen LogP contribution in [0.3, 0.4) is 0 Å². The van der Waals surface area contributed by atoms with Crippen molar-refractivity contribution >= 4 is 37.5 Å². The molecule has 0 unspecified atom stereocenters. The van der Waals surface area contributed by atoms with E-state index in [1.54, 1.807) is 24.3 Å². The number of nitrogens with zero attached hydrogens (tertiary/aromatic N) is 2. The van der Waals surface area contributed by atoms with E-state index in [1.807, 2.05) is 12.1 Å². The summed E-state index contributed by atoms with van der Waals surface area (Å²) in [5.41, 5.74) is 2.60. The number of halogens is 1. The number of anilines is 1. The number of ether oxygens (including phenoxy) is 1. The van der Waals surface area contributed by atoms with Gasteiger partial charge < -0.3 is 10.1 Å². The summed E-state index contributed by atoms with van der Waals surface area (Å²) in [6.07, 6.45) is 1.09. The van der Waals surface area contributed by atoms with Crippen LogP contribution in [-0.4, -0.2) is 58.3 Å². The average molecular weight is 496 g/mol. The van der Waals surface area contributed by atoms with Crippen LogP contribution >= 0.6 is 15.9 Å². The molecular formula is C21H26BrN3O4S. The lowest BCUT2D eigenvalue weighted by atomic mass is 10.1. The minimum absolute atomic E-state index is 0.270. The third-order valence-electron chi connectivity index (χ3n) is 4.79. The van der Waals surface area contributed by atoms with Crippen LogP contribution in [0.15, 0.2) is 53.0 Å². The molecule has 0 radical (unpaired) electrons. The van der Waals surface area contributed by atoms with E-state index in [0.29, 0.717) is 12.2 Å². The van der Waals surface area contributed by atoms with E-state index in [0.717, 1.165) is 53.4 Å². The number of carbonyl (C=O) groups excluding carboxylic acids is 1. The molecule has 1 fully saturated rings. The molecule has 2 aromatic rings. The Kier molecular flexibility index (Phi) is 7.87. The van der Waals surface area contributed by atoms with Gasteiger partial charge in [0, 0.05) is 30.7 Å². The topological polar surface area (TPSA) is 79.0 Å². The summed E-state index contributed by atoms with van der Waals surface area (Å²) in [4.78, 5) is 14.8. The van der Waals surface area contributed by atoms with Gasteiger partial charge in [0.25, 0.3) is 0 Å².